The van der Waals surface area contributed by atoms with Crippen LogP contribution in [0.25, 0.3) is 11.0 Å². The number of hydrogen-bond acceptors (Lipinski definition) is 6. The number of hydrogen-bond donors (Lipinski definition) is 1. The Morgan fingerprint density at radius 1 is 1.23 bits per heavy atom. The minimum atomic E-state index is 0.0811. The molecule has 0 aromatic carbocycles. The van der Waals surface area contributed by atoms with Gasteiger partial charge in [-0.2, -0.15) is 15.1 Å². The molecule has 2 N–H and O–H groups in total. The third-order valence-electron chi connectivity index (χ3n) is 4.39. The van der Waals surface area contributed by atoms with Crippen LogP contribution in [0, 0.1) is 5.41 Å². The lowest BCUT2D eigenvalue weighted by Gasteiger charge is -2.29. The third-order valence-corrected chi connectivity index (χ3v) is 4.39. The zero-order chi connectivity index (χ0) is 15.9. The second-order valence-corrected chi connectivity index (χ2v) is 6.88. The molecule has 1 atom stereocenters. The molecule has 3 rings (SSSR count). The molecular formula is C15H24N6O. The van der Waals surface area contributed by atoms with E-state index in [-0.39, 0.29) is 11.5 Å². The average molecular weight is 304 g/mol. The highest BCUT2D eigenvalue weighted by atomic mass is 16.5. The largest absolute Gasteiger partial charge is 0.383 e. The number of morpholine rings is 1. The maximum atomic E-state index is 6.12. The molecule has 2 aromatic rings. The first kappa shape index (κ1) is 15.0. The number of fused-ring (bicyclic) bond motifs is 1. The third kappa shape index (κ3) is 2.61. The molecule has 7 heteroatoms. The number of nitrogen functional groups attached to an aromatic ring is 1. The highest BCUT2D eigenvalue weighted by molar-refractivity contribution is 5.86. The number of ether oxygens (including phenoxy) is 1. The molecule has 0 saturated carbocycles. The summed E-state index contributed by atoms with van der Waals surface area (Å²) in [6.07, 6.45) is 1.76. The number of nitrogens with two attached hydrogens (primary N) is 1. The van der Waals surface area contributed by atoms with Gasteiger partial charge in [0.1, 0.15) is 5.82 Å². The average Bonchev–Trinajstić information content (AvgIpc) is 2.90. The van der Waals surface area contributed by atoms with E-state index in [1.54, 1.807) is 6.20 Å². The summed E-state index contributed by atoms with van der Waals surface area (Å²) in [5.41, 5.74) is 7.01. The summed E-state index contributed by atoms with van der Waals surface area (Å²) in [6.45, 7) is 11.7. The number of aromatic nitrogens is 4. The van der Waals surface area contributed by atoms with Gasteiger partial charge in [0.25, 0.3) is 0 Å². The van der Waals surface area contributed by atoms with Crippen LogP contribution in [0.5, 0.6) is 0 Å². The maximum absolute atomic E-state index is 6.12. The quantitative estimate of drug-likeness (QED) is 0.912. The van der Waals surface area contributed by atoms with E-state index >= 15 is 0 Å². The first-order valence-corrected chi connectivity index (χ1v) is 7.71. The SMILES string of the molecule is C[C@@H](n1ncc2c(N)nc(N3CCOCC3)nc21)C(C)(C)C. The van der Waals surface area contributed by atoms with Crippen molar-refractivity contribution >= 4 is 22.8 Å². The summed E-state index contributed by atoms with van der Waals surface area (Å²) in [7, 11) is 0. The second kappa shape index (κ2) is 5.39. The van der Waals surface area contributed by atoms with Crippen LogP contribution in [-0.4, -0.2) is 46.1 Å². The van der Waals surface area contributed by atoms with E-state index in [2.05, 4.69) is 42.7 Å². The summed E-state index contributed by atoms with van der Waals surface area (Å²) in [5.74, 6) is 1.15. The molecule has 0 radical (unpaired) electrons. The lowest BCUT2D eigenvalue weighted by atomic mass is 9.88. The van der Waals surface area contributed by atoms with Crippen molar-refractivity contribution in [3.8, 4) is 0 Å². The highest BCUT2D eigenvalue weighted by Gasteiger charge is 2.26. The molecule has 7 nitrogen and oxygen atoms in total. The van der Waals surface area contributed by atoms with E-state index in [4.69, 9.17) is 15.5 Å². The molecule has 22 heavy (non-hydrogen) atoms. The lowest BCUT2D eigenvalue weighted by Crippen LogP contribution is -2.37. The number of anilines is 2. The van der Waals surface area contributed by atoms with Crippen LogP contribution in [0.3, 0.4) is 0 Å². The Labute approximate surface area is 130 Å². The van der Waals surface area contributed by atoms with Crippen molar-refractivity contribution in [2.75, 3.05) is 36.9 Å². The van der Waals surface area contributed by atoms with Crippen molar-refractivity contribution in [2.24, 2.45) is 5.41 Å². The van der Waals surface area contributed by atoms with Gasteiger partial charge < -0.3 is 15.4 Å². The molecule has 0 unspecified atom stereocenters. The monoisotopic (exact) mass is 304 g/mol. The van der Waals surface area contributed by atoms with Gasteiger partial charge in [-0.25, -0.2) is 4.68 Å². The Morgan fingerprint density at radius 2 is 1.91 bits per heavy atom. The Morgan fingerprint density at radius 3 is 2.55 bits per heavy atom. The summed E-state index contributed by atoms with van der Waals surface area (Å²) in [5, 5.41) is 5.31. The fourth-order valence-electron chi connectivity index (χ4n) is 2.49. The summed E-state index contributed by atoms with van der Waals surface area (Å²) < 4.78 is 7.34. The van der Waals surface area contributed by atoms with Gasteiger partial charge in [-0.15, -0.1) is 0 Å². The van der Waals surface area contributed by atoms with Crippen LogP contribution in [0.15, 0.2) is 6.20 Å². The smallest absolute Gasteiger partial charge is 0.229 e. The van der Waals surface area contributed by atoms with Crippen molar-refractivity contribution in [3.63, 3.8) is 0 Å². The maximum Gasteiger partial charge on any atom is 0.229 e. The molecule has 0 bridgehead atoms. The Hall–Kier alpha value is -1.89. The van der Waals surface area contributed by atoms with E-state index in [0.29, 0.717) is 25.0 Å². The number of rotatable bonds is 2. The first-order chi connectivity index (χ1) is 10.4. The first-order valence-electron chi connectivity index (χ1n) is 7.71. The minimum absolute atomic E-state index is 0.0811. The molecule has 0 aliphatic carbocycles. The van der Waals surface area contributed by atoms with E-state index in [1.807, 2.05) is 4.68 Å². The standard InChI is InChI=1S/C15H24N6O/c1-10(15(2,3)4)21-13-11(9-17-21)12(16)18-14(19-13)20-5-7-22-8-6-20/h9-10H,5-8H2,1-4H3,(H2,16,18,19)/t10-/m1/s1. The molecular weight excluding hydrogens is 280 g/mol. The van der Waals surface area contributed by atoms with Crippen molar-refractivity contribution in [1.29, 1.82) is 0 Å². The zero-order valence-electron chi connectivity index (χ0n) is 13.7. The predicted octanol–water partition coefficient (Wildman–Crippen LogP) is 1.85. The van der Waals surface area contributed by atoms with Crippen LogP contribution in [0.1, 0.15) is 33.7 Å². The van der Waals surface area contributed by atoms with E-state index in [9.17, 15) is 0 Å². The van der Waals surface area contributed by atoms with Crippen LogP contribution >= 0.6 is 0 Å². The van der Waals surface area contributed by atoms with Gasteiger partial charge >= 0.3 is 0 Å². The van der Waals surface area contributed by atoms with Crippen LogP contribution in [-0.2, 0) is 4.74 Å². The Bertz CT molecular complexity index is 668. The molecule has 3 heterocycles. The Kier molecular flexibility index (Phi) is 3.68. The fourth-order valence-corrected chi connectivity index (χ4v) is 2.49. The van der Waals surface area contributed by atoms with Crippen molar-refractivity contribution in [2.45, 2.75) is 33.7 Å². The lowest BCUT2D eigenvalue weighted by molar-refractivity contribution is 0.122. The topological polar surface area (TPSA) is 82.1 Å². The minimum Gasteiger partial charge on any atom is -0.383 e. The molecule has 1 aliphatic heterocycles. The van der Waals surface area contributed by atoms with Crippen LogP contribution < -0.4 is 10.6 Å². The van der Waals surface area contributed by atoms with Gasteiger partial charge in [0, 0.05) is 13.1 Å². The molecule has 0 spiro atoms. The normalized spacial score (nSPS) is 17.9. The molecule has 1 fully saturated rings. The summed E-state index contributed by atoms with van der Waals surface area (Å²) in [4.78, 5) is 11.3. The molecule has 1 aliphatic rings. The molecule has 2 aromatic heterocycles. The molecule has 1 saturated heterocycles. The van der Waals surface area contributed by atoms with Gasteiger partial charge in [0.2, 0.25) is 5.95 Å². The van der Waals surface area contributed by atoms with E-state index in [0.717, 1.165) is 24.1 Å². The molecule has 120 valence electrons. The summed E-state index contributed by atoms with van der Waals surface area (Å²) >= 11 is 0. The van der Waals surface area contributed by atoms with E-state index < -0.39 is 0 Å². The predicted molar refractivity (Wildman–Crippen MR) is 86.9 cm³/mol. The van der Waals surface area contributed by atoms with Crippen LogP contribution in [0.4, 0.5) is 11.8 Å². The fraction of sp³-hybridized carbons (Fsp3) is 0.667. The van der Waals surface area contributed by atoms with E-state index in [1.165, 1.54) is 0 Å². The van der Waals surface area contributed by atoms with Gasteiger partial charge in [0.05, 0.1) is 30.8 Å². The van der Waals surface area contributed by atoms with Gasteiger partial charge in [-0.05, 0) is 12.3 Å². The number of nitrogens with zero attached hydrogens (tertiary/aromatic N) is 5. The van der Waals surface area contributed by atoms with Crippen molar-refractivity contribution in [3.05, 3.63) is 6.20 Å². The van der Waals surface area contributed by atoms with Gasteiger partial charge in [-0.1, -0.05) is 20.8 Å². The van der Waals surface area contributed by atoms with Crippen LogP contribution in [0.2, 0.25) is 0 Å². The van der Waals surface area contributed by atoms with Crippen molar-refractivity contribution < 1.29 is 4.74 Å². The second-order valence-electron chi connectivity index (χ2n) is 6.88. The summed E-state index contributed by atoms with van der Waals surface area (Å²) in [6, 6.07) is 0.205. The highest BCUT2D eigenvalue weighted by Crippen LogP contribution is 2.32. The van der Waals surface area contributed by atoms with Gasteiger partial charge in [-0.3, -0.25) is 0 Å². The Balaban J connectivity index is 2.07. The zero-order valence-corrected chi connectivity index (χ0v) is 13.7. The molecule has 0 amide bonds. The van der Waals surface area contributed by atoms with Crippen molar-refractivity contribution in [1.82, 2.24) is 19.7 Å². The van der Waals surface area contributed by atoms with Gasteiger partial charge in [0.15, 0.2) is 5.65 Å².